The molecule has 0 spiro atoms. The molecule has 0 aromatic heterocycles. The van der Waals surface area contributed by atoms with Crippen LogP contribution in [0.25, 0.3) is 0 Å². The fourth-order valence-electron chi connectivity index (χ4n) is 1.49. The first-order valence-corrected chi connectivity index (χ1v) is 5.78. The van der Waals surface area contributed by atoms with Gasteiger partial charge in [0.25, 0.3) is 0 Å². The van der Waals surface area contributed by atoms with Crippen LogP contribution < -0.4 is 0 Å². The van der Waals surface area contributed by atoms with Crippen molar-refractivity contribution in [3.05, 3.63) is 0 Å². The number of aliphatic hydroxyl groups excluding tert-OH is 1. The Labute approximate surface area is 102 Å². The molecule has 1 N–H and O–H groups in total. The molecule has 1 aliphatic heterocycles. The molecule has 5 nitrogen and oxygen atoms in total. The summed E-state index contributed by atoms with van der Waals surface area (Å²) >= 11 is 4.23. The number of rotatable bonds is 1. The van der Waals surface area contributed by atoms with Crippen LogP contribution in [0.3, 0.4) is 0 Å². The summed E-state index contributed by atoms with van der Waals surface area (Å²) in [6.45, 7) is 7.16. The number of piperazine rings is 1. The van der Waals surface area contributed by atoms with Crippen molar-refractivity contribution in [2.24, 2.45) is 0 Å². The van der Waals surface area contributed by atoms with Gasteiger partial charge in [0, 0.05) is 19.6 Å². The summed E-state index contributed by atoms with van der Waals surface area (Å²) in [5, 5.41) is 9.12. The lowest BCUT2D eigenvalue weighted by Crippen LogP contribution is -2.53. The quantitative estimate of drug-likeness (QED) is 0.672. The van der Waals surface area contributed by atoms with Gasteiger partial charge in [0.1, 0.15) is 5.60 Å². The van der Waals surface area contributed by atoms with Gasteiger partial charge in [0.05, 0.1) is 12.6 Å². The Balaban J connectivity index is 2.52. The van der Waals surface area contributed by atoms with Crippen molar-refractivity contribution in [3.8, 4) is 0 Å². The van der Waals surface area contributed by atoms with E-state index in [1.807, 2.05) is 20.8 Å². The number of carbonyl (C=O) groups excluding carboxylic acids is 1. The maximum atomic E-state index is 11.8. The van der Waals surface area contributed by atoms with E-state index in [0.29, 0.717) is 19.6 Å². The van der Waals surface area contributed by atoms with Crippen molar-refractivity contribution in [3.63, 3.8) is 0 Å². The van der Waals surface area contributed by atoms with E-state index in [-0.39, 0.29) is 18.7 Å². The first-order valence-electron chi connectivity index (χ1n) is 5.38. The molecule has 1 amide bonds. The molecule has 1 rings (SSSR count). The third-order valence-corrected chi connectivity index (χ3v) is 2.84. The van der Waals surface area contributed by atoms with E-state index >= 15 is 0 Å². The monoisotopic (exact) mass is 248 g/mol. The molecule has 0 aromatic rings. The summed E-state index contributed by atoms with van der Waals surface area (Å²) < 4.78 is 7.02. The Bertz CT molecular complexity index is 255. The molecule has 1 saturated heterocycles. The van der Waals surface area contributed by atoms with Crippen molar-refractivity contribution in [2.75, 3.05) is 26.2 Å². The number of amides is 1. The van der Waals surface area contributed by atoms with Crippen molar-refractivity contribution < 1.29 is 14.6 Å². The number of hydrogen-bond acceptors (Lipinski definition) is 5. The molecule has 1 fully saturated rings. The number of carbonyl (C=O) groups is 1. The van der Waals surface area contributed by atoms with Crippen LogP contribution in [0.5, 0.6) is 0 Å². The molecule has 1 atom stereocenters. The van der Waals surface area contributed by atoms with Gasteiger partial charge >= 0.3 is 6.09 Å². The Morgan fingerprint density at radius 3 is 2.62 bits per heavy atom. The van der Waals surface area contributed by atoms with Crippen LogP contribution in [-0.2, 0) is 4.74 Å². The van der Waals surface area contributed by atoms with Crippen LogP contribution in [0.15, 0.2) is 0 Å². The molecule has 0 bridgehead atoms. The first kappa shape index (κ1) is 13.6. The number of ether oxygens (including phenoxy) is 1. The van der Waals surface area contributed by atoms with Gasteiger partial charge in [-0.3, -0.25) is 0 Å². The Morgan fingerprint density at radius 1 is 1.50 bits per heavy atom. The minimum absolute atomic E-state index is 0.0111. The molecule has 0 aliphatic carbocycles. The second kappa shape index (κ2) is 5.25. The van der Waals surface area contributed by atoms with Crippen molar-refractivity contribution >= 4 is 18.9 Å². The van der Waals surface area contributed by atoms with Crippen LogP contribution >= 0.6 is 12.8 Å². The number of hydrogen-bond donors (Lipinski definition) is 2. The van der Waals surface area contributed by atoms with E-state index in [2.05, 4.69) is 12.8 Å². The lowest BCUT2D eigenvalue weighted by Gasteiger charge is -2.38. The summed E-state index contributed by atoms with van der Waals surface area (Å²) in [5.74, 6) is 0. The zero-order chi connectivity index (χ0) is 12.3. The average molecular weight is 248 g/mol. The van der Waals surface area contributed by atoms with Gasteiger partial charge in [0.2, 0.25) is 0 Å². The molecule has 1 aliphatic rings. The van der Waals surface area contributed by atoms with Crippen LogP contribution in [-0.4, -0.2) is 58.3 Å². The van der Waals surface area contributed by atoms with E-state index in [4.69, 9.17) is 9.84 Å². The van der Waals surface area contributed by atoms with Gasteiger partial charge in [-0.05, 0) is 20.8 Å². The molecule has 94 valence electrons. The van der Waals surface area contributed by atoms with E-state index < -0.39 is 5.60 Å². The minimum Gasteiger partial charge on any atom is -0.444 e. The Morgan fingerprint density at radius 2 is 2.12 bits per heavy atom. The zero-order valence-electron chi connectivity index (χ0n) is 10.0. The number of nitrogens with zero attached hydrogens (tertiary/aromatic N) is 2. The predicted octanol–water partition coefficient (Wildman–Crippen LogP) is 0.745. The molecule has 0 aromatic carbocycles. The Hall–Kier alpha value is -0.460. The molecular formula is C10H20N2O3S. The maximum Gasteiger partial charge on any atom is 0.410 e. The summed E-state index contributed by atoms with van der Waals surface area (Å²) in [4.78, 5) is 13.4. The zero-order valence-corrected chi connectivity index (χ0v) is 10.9. The fraction of sp³-hybridized carbons (Fsp3) is 0.900. The SMILES string of the molecule is CC(C)(C)OC(=O)N1CCN(S)C(CO)C1. The lowest BCUT2D eigenvalue weighted by atomic mass is 10.2. The van der Waals surface area contributed by atoms with Gasteiger partial charge in [-0.1, -0.05) is 12.8 Å². The lowest BCUT2D eigenvalue weighted by molar-refractivity contribution is 0.0103. The molecule has 0 saturated carbocycles. The molecule has 1 unspecified atom stereocenters. The summed E-state index contributed by atoms with van der Waals surface area (Å²) in [7, 11) is 0. The smallest absolute Gasteiger partial charge is 0.410 e. The number of aliphatic hydroxyl groups is 1. The summed E-state index contributed by atoms with van der Waals surface area (Å²) in [5.41, 5.74) is -0.482. The Kier molecular flexibility index (Phi) is 4.46. The van der Waals surface area contributed by atoms with Gasteiger partial charge in [-0.2, -0.15) is 0 Å². The third kappa shape index (κ3) is 3.84. The fourth-order valence-corrected chi connectivity index (χ4v) is 1.73. The van der Waals surface area contributed by atoms with E-state index in [9.17, 15) is 4.79 Å². The number of thiol groups is 1. The molecular weight excluding hydrogens is 228 g/mol. The second-order valence-corrected chi connectivity index (χ2v) is 5.44. The van der Waals surface area contributed by atoms with Crippen LogP contribution in [0.4, 0.5) is 4.79 Å². The highest BCUT2D eigenvalue weighted by Crippen LogP contribution is 2.15. The topological polar surface area (TPSA) is 53.0 Å². The van der Waals surface area contributed by atoms with Gasteiger partial charge < -0.3 is 14.7 Å². The maximum absolute atomic E-state index is 11.8. The van der Waals surface area contributed by atoms with Crippen molar-refractivity contribution in [1.29, 1.82) is 0 Å². The third-order valence-electron chi connectivity index (χ3n) is 2.31. The largest absolute Gasteiger partial charge is 0.444 e. The molecule has 6 heteroatoms. The molecule has 0 radical (unpaired) electrons. The first-order chi connectivity index (χ1) is 7.33. The molecule has 16 heavy (non-hydrogen) atoms. The van der Waals surface area contributed by atoms with Gasteiger partial charge in [-0.25, -0.2) is 9.10 Å². The highest BCUT2D eigenvalue weighted by atomic mass is 32.1. The standard InChI is InChI=1S/C10H20N2O3S/c1-10(2,3)15-9(14)11-4-5-12(16)8(6-11)7-13/h8,13,16H,4-7H2,1-3H3. The average Bonchev–Trinajstić information content (AvgIpc) is 2.15. The van der Waals surface area contributed by atoms with Gasteiger partial charge in [0.15, 0.2) is 0 Å². The van der Waals surface area contributed by atoms with Crippen molar-refractivity contribution in [1.82, 2.24) is 9.21 Å². The highest BCUT2D eigenvalue weighted by Gasteiger charge is 2.30. The summed E-state index contributed by atoms with van der Waals surface area (Å²) in [6, 6.07) is -0.121. The second-order valence-electron chi connectivity index (χ2n) is 4.93. The summed E-state index contributed by atoms with van der Waals surface area (Å²) in [6.07, 6.45) is -0.326. The van der Waals surface area contributed by atoms with E-state index in [1.54, 1.807) is 9.21 Å². The molecule has 1 heterocycles. The minimum atomic E-state index is -0.482. The van der Waals surface area contributed by atoms with Crippen LogP contribution in [0, 0.1) is 0 Å². The predicted molar refractivity (Wildman–Crippen MR) is 64.4 cm³/mol. The van der Waals surface area contributed by atoms with Gasteiger partial charge in [-0.15, -0.1) is 0 Å². The van der Waals surface area contributed by atoms with E-state index in [1.165, 1.54) is 0 Å². The highest BCUT2D eigenvalue weighted by molar-refractivity contribution is 7.77. The van der Waals surface area contributed by atoms with Crippen LogP contribution in [0.2, 0.25) is 0 Å². The van der Waals surface area contributed by atoms with E-state index in [0.717, 1.165) is 0 Å². The van der Waals surface area contributed by atoms with Crippen LogP contribution in [0.1, 0.15) is 20.8 Å². The normalized spacial score (nSPS) is 23.3. The van der Waals surface area contributed by atoms with Crippen molar-refractivity contribution in [2.45, 2.75) is 32.4 Å².